The van der Waals surface area contributed by atoms with Crippen LogP contribution in [0.2, 0.25) is 0 Å². The first kappa shape index (κ1) is 13.9. The van der Waals surface area contributed by atoms with Crippen LogP contribution in [0.3, 0.4) is 0 Å². The molecular weight excluding hydrogens is 264 g/mol. The van der Waals surface area contributed by atoms with E-state index in [1.807, 2.05) is 12.1 Å². The smallest absolute Gasteiger partial charge is 0.225 e. The second-order valence-electron chi connectivity index (χ2n) is 6.13. The molecule has 1 saturated carbocycles. The van der Waals surface area contributed by atoms with Crippen molar-refractivity contribution in [3.63, 3.8) is 0 Å². The van der Waals surface area contributed by atoms with Gasteiger partial charge in [-0.2, -0.15) is 5.10 Å². The van der Waals surface area contributed by atoms with Gasteiger partial charge in [-0.05, 0) is 30.4 Å². The number of anilines is 1. The van der Waals surface area contributed by atoms with Crippen LogP contribution in [-0.4, -0.2) is 20.7 Å². The summed E-state index contributed by atoms with van der Waals surface area (Å²) < 4.78 is 2.20. The molecule has 3 rings (SSSR count). The van der Waals surface area contributed by atoms with Crippen LogP contribution >= 0.6 is 0 Å². The molecule has 5 heteroatoms. The number of H-pyrrole nitrogens is 1. The summed E-state index contributed by atoms with van der Waals surface area (Å²) in [5, 5.41) is 9.50. The van der Waals surface area contributed by atoms with E-state index in [2.05, 4.69) is 32.5 Å². The predicted octanol–water partition coefficient (Wildman–Crippen LogP) is 3.19. The third-order valence-electron chi connectivity index (χ3n) is 4.42. The number of hydrogen-bond donors (Lipinski definition) is 2. The van der Waals surface area contributed by atoms with E-state index < -0.39 is 0 Å². The Hall–Kier alpha value is -2.04. The minimum Gasteiger partial charge on any atom is -0.354 e. The van der Waals surface area contributed by atoms with Crippen molar-refractivity contribution in [3.05, 3.63) is 36.9 Å². The lowest BCUT2D eigenvalue weighted by Crippen LogP contribution is -2.33. The average molecular weight is 286 g/mol. The highest BCUT2D eigenvalue weighted by Crippen LogP contribution is 2.41. The Morgan fingerprint density at radius 3 is 2.71 bits per heavy atom. The quantitative estimate of drug-likeness (QED) is 0.886. The Kier molecular flexibility index (Phi) is 4.08. The van der Waals surface area contributed by atoms with Gasteiger partial charge < -0.3 is 9.88 Å². The molecule has 2 N–H and O–H groups in total. The van der Waals surface area contributed by atoms with Gasteiger partial charge in [0.2, 0.25) is 5.91 Å². The average Bonchev–Trinajstić information content (AvgIpc) is 3.13. The highest BCUT2D eigenvalue weighted by Gasteiger charge is 2.34. The van der Waals surface area contributed by atoms with Gasteiger partial charge in [0.05, 0.1) is 11.9 Å². The fourth-order valence-corrected chi connectivity index (χ4v) is 3.42. The second-order valence-corrected chi connectivity index (χ2v) is 6.13. The van der Waals surface area contributed by atoms with Gasteiger partial charge in [0.15, 0.2) is 0 Å². The van der Waals surface area contributed by atoms with E-state index in [0.29, 0.717) is 6.42 Å². The maximum absolute atomic E-state index is 12.4. The summed E-state index contributed by atoms with van der Waals surface area (Å²) in [5.41, 5.74) is 0.831. The Morgan fingerprint density at radius 1 is 1.29 bits per heavy atom. The molecule has 0 unspecified atom stereocenters. The highest BCUT2D eigenvalue weighted by molar-refractivity contribution is 5.90. The van der Waals surface area contributed by atoms with Gasteiger partial charge in [-0.25, -0.2) is 0 Å². The van der Waals surface area contributed by atoms with Gasteiger partial charge in [0, 0.05) is 31.6 Å². The molecule has 1 aliphatic carbocycles. The molecular formula is C16H22N4O. The summed E-state index contributed by atoms with van der Waals surface area (Å²) in [6.07, 6.45) is 14.1. The fraction of sp³-hybridized carbons (Fsp3) is 0.500. The number of carbonyl (C=O) groups excluding carboxylic acids is 1. The van der Waals surface area contributed by atoms with Crippen LogP contribution in [0.4, 0.5) is 5.69 Å². The van der Waals surface area contributed by atoms with Crippen LogP contribution in [0.15, 0.2) is 36.9 Å². The van der Waals surface area contributed by atoms with E-state index in [4.69, 9.17) is 0 Å². The zero-order valence-corrected chi connectivity index (χ0v) is 12.2. The molecule has 0 aromatic carbocycles. The monoisotopic (exact) mass is 286 g/mol. The summed E-state index contributed by atoms with van der Waals surface area (Å²) in [6, 6.07) is 4.09. The Labute approximate surface area is 124 Å². The highest BCUT2D eigenvalue weighted by atomic mass is 16.1. The van der Waals surface area contributed by atoms with Crippen LogP contribution in [0.1, 0.15) is 38.5 Å². The first-order chi connectivity index (χ1) is 10.3. The van der Waals surface area contributed by atoms with Crippen molar-refractivity contribution in [2.24, 2.45) is 5.41 Å². The van der Waals surface area contributed by atoms with Gasteiger partial charge >= 0.3 is 0 Å². The van der Waals surface area contributed by atoms with Crippen LogP contribution in [0, 0.1) is 5.41 Å². The standard InChI is InChI=1S/C16H22N4O/c21-15(19-14-11-17-18-12-14)10-16(6-2-1-3-7-16)13-20-8-4-5-9-20/h4-5,8-9,11-12H,1-3,6-7,10,13H2,(H,17,18)(H,19,21). The third kappa shape index (κ3) is 3.54. The third-order valence-corrected chi connectivity index (χ3v) is 4.42. The van der Waals surface area contributed by atoms with E-state index in [1.165, 1.54) is 19.3 Å². The molecule has 0 saturated heterocycles. The molecule has 2 aromatic heterocycles. The minimum atomic E-state index is 0.0884. The van der Waals surface area contributed by atoms with E-state index in [-0.39, 0.29) is 11.3 Å². The summed E-state index contributed by atoms with van der Waals surface area (Å²) in [5.74, 6) is 0.0884. The number of amides is 1. The number of nitrogens with one attached hydrogen (secondary N) is 2. The van der Waals surface area contributed by atoms with E-state index in [9.17, 15) is 4.79 Å². The van der Waals surface area contributed by atoms with Crippen molar-refractivity contribution in [2.45, 2.75) is 45.1 Å². The molecule has 1 aliphatic rings. The lowest BCUT2D eigenvalue weighted by Gasteiger charge is -2.37. The van der Waals surface area contributed by atoms with Crippen LogP contribution in [0.5, 0.6) is 0 Å². The van der Waals surface area contributed by atoms with Crippen LogP contribution < -0.4 is 5.32 Å². The van der Waals surface area contributed by atoms with Gasteiger partial charge in [-0.1, -0.05) is 19.3 Å². The topological polar surface area (TPSA) is 62.7 Å². The van der Waals surface area contributed by atoms with Crippen molar-refractivity contribution in [1.29, 1.82) is 0 Å². The van der Waals surface area contributed by atoms with E-state index in [0.717, 1.165) is 25.1 Å². The number of carbonyl (C=O) groups is 1. The van der Waals surface area contributed by atoms with E-state index in [1.54, 1.807) is 12.4 Å². The molecule has 2 aromatic rings. The molecule has 0 spiro atoms. The molecule has 5 nitrogen and oxygen atoms in total. The molecule has 1 fully saturated rings. The van der Waals surface area contributed by atoms with Crippen LogP contribution in [-0.2, 0) is 11.3 Å². The van der Waals surface area contributed by atoms with Crippen molar-refractivity contribution >= 4 is 11.6 Å². The maximum atomic E-state index is 12.4. The molecule has 0 radical (unpaired) electrons. The number of aromatic amines is 1. The number of rotatable bonds is 5. The van der Waals surface area contributed by atoms with Gasteiger partial charge in [-0.3, -0.25) is 9.89 Å². The van der Waals surface area contributed by atoms with Crippen LogP contribution in [0.25, 0.3) is 0 Å². The van der Waals surface area contributed by atoms with Crippen molar-refractivity contribution in [1.82, 2.24) is 14.8 Å². The predicted molar refractivity (Wildman–Crippen MR) is 81.8 cm³/mol. The largest absolute Gasteiger partial charge is 0.354 e. The molecule has 2 heterocycles. The molecule has 112 valence electrons. The fourth-order valence-electron chi connectivity index (χ4n) is 3.42. The lowest BCUT2D eigenvalue weighted by molar-refractivity contribution is -0.119. The molecule has 21 heavy (non-hydrogen) atoms. The van der Waals surface area contributed by atoms with E-state index >= 15 is 0 Å². The second kappa shape index (κ2) is 6.16. The number of aromatic nitrogens is 3. The molecule has 0 atom stereocenters. The minimum absolute atomic E-state index is 0.0884. The van der Waals surface area contributed by atoms with Gasteiger partial charge in [-0.15, -0.1) is 0 Å². The zero-order valence-electron chi connectivity index (χ0n) is 12.2. The summed E-state index contributed by atoms with van der Waals surface area (Å²) in [7, 11) is 0. The summed E-state index contributed by atoms with van der Waals surface area (Å²) in [4.78, 5) is 12.4. The number of hydrogen-bond acceptors (Lipinski definition) is 2. The number of nitrogens with zero attached hydrogens (tertiary/aromatic N) is 2. The Balaban J connectivity index is 1.68. The summed E-state index contributed by atoms with van der Waals surface area (Å²) >= 11 is 0. The molecule has 1 amide bonds. The maximum Gasteiger partial charge on any atom is 0.225 e. The SMILES string of the molecule is O=C(CC1(Cn2cccc2)CCCCC1)Nc1cn[nH]c1. The summed E-state index contributed by atoms with van der Waals surface area (Å²) in [6.45, 7) is 0.929. The van der Waals surface area contributed by atoms with Crippen molar-refractivity contribution in [2.75, 3.05) is 5.32 Å². The van der Waals surface area contributed by atoms with Gasteiger partial charge in [0.25, 0.3) is 0 Å². The first-order valence-corrected chi connectivity index (χ1v) is 7.65. The normalized spacial score (nSPS) is 17.5. The first-order valence-electron chi connectivity index (χ1n) is 7.65. The zero-order chi connectivity index (χ0) is 14.5. The Bertz CT molecular complexity index is 553. The van der Waals surface area contributed by atoms with Crippen molar-refractivity contribution < 1.29 is 4.79 Å². The lowest BCUT2D eigenvalue weighted by atomic mass is 9.71. The van der Waals surface area contributed by atoms with Crippen molar-refractivity contribution in [3.8, 4) is 0 Å². The molecule has 0 bridgehead atoms. The molecule has 0 aliphatic heterocycles. The van der Waals surface area contributed by atoms with Gasteiger partial charge in [0.1, 0.15) is 0 Å². The Morgan fingerprint density at radius 2 is 2.05 bits per heavy atom.